The molecule has 2 rings (SSSR count). The van der Waals surface area contributed by atoms with Crippen molar-refractivity contribution in [3.8, 4) is 11.5 Å². The fourth-order valence-electron chi connectivity index (χ4n) is 3.64. The van der Waals surface area contributed by atoms with Crippen LogP contribution >= 0.6 is 0 Å². The number of rotatable bonds is 10. The Balaban J connectivity index is 2.16. The number of aliphatic carboxylic acids is 1. The minimum absolute atomic E-state index is 0.387. The molecule has 0 spiro atoms. The summed E-state index contributed by atoms with van der Waals surface area (Å²) in [5.74, 6) is 0.586. The zero-order valence-corrected chi connectivity index (χ0v) is 18.0. The van der Waals surface area contributed by atoms with Crippen LogP contribution in [0.5, 0.6) is 11.5 Å². The highest BCUT2D eigenvalue weighted by Gasteiger charge is 2.19. The van der Waals surface area contributed by atoms with E-state index in [0.29, 0.717) is 17.7 Å². The lowest BCUT2D eigenvalue weighted by Gasteiger charge is -2.19. The number of hydrogen-bond donors (Lipinski definition) is 1. The fraction of sp³-hybridized carbons (Fsp3) is 0.417. The van der Waals surface area contributed by atoms with E-state index < -0.39 is 5.97 Å². The number of unbranched alkanes of at least 4 members (excludes halogenated alkanes) is 2. The summed E-state index contributed by atoms with van der Waals surface area (Å²) < 4.78 is 11.2. The Morgan fingerprint density at radius 1 is 1.03 bits per heavy atom. The van der Waals surface area contributed by atoms with E-state index in [2.05, 4.69) is 11.1 Å². The fourth-order valence-corrected chi connectivity index (χ4v) is 3.64. The van der Waals surface area contributed by atoms with Gasteiger partial charge in [0.2, 0.25) is 0 Å². The maximum Gasteiger partial charge on any atom is 0.331 e. The largest absolute Gasteiger partial charge is 0.496 e. The van der Waals surface area contributed by atoms with Crippen molar-refractivity contribution in [2.24, 2.45) is 0 Å². The summed E-state index contributed by atoms with van der Waals surface area (Å²) in [4.78, 5) is 16.0. The molecule has 0 aliphatic heterocycles. The molecule has 1 aromatic carbocycles. The van der Waals surface area contributed by atoms with E-state index in [1.807, 2.05) is 33.0 Å². The van der Waals surface area contributed by atoms with Crippen molar-refractivity contribution >= 4 is 12.0 Å². The molecule has 0 aliphatic carbocycles. The maximum absolute atomic E-state index is 11.9. The first-order chi connectivity index (χ1) is 13.9. The van der Waals surface area contributed by atoms with Crippen molar-refractivity contribution < 1.29 is 19.4 Å². The third-order valence-corrected chi connectivity index (χ3v) is 5.37. The third kappa shape index (κ3) is 5.59. The van der Waals surface area contributed by atoms with Crippen LogP contribution in [0.1, 0.15) is 53.5 Å². The first kappa shape index (κ1) is 22.5. The molecule has 2 aromatic rings. The van der Waals surface area contributed by atoms with E-state index in [0.717, 1.165) is 53.7 Å². The van der Waals surface area contributed by atoms with Crippen molar-refractivity contribution in [1.29, 1.82) is 0 Å². The number of nitrogens with zero attached hydrogens (tertiary/aromatic N) is 1. The average molecular weight is 398 g/mol. The quantitative estimate of drug-likeness (QED) is 0.435. The van der Waals surface area contributed by atoms with Crippen molar-refractivity contribution in [2.75, 3.05) is 14.2 Å². The van der Waals surface area contributed by atoms with Gasteiger partial charge in [-0.05, 0) is 75.3 Å². The molecule has 0 fully saturated rings. The Bertz CT molecular complexity index is 872. The summed E-state index contributed by atoms with van der Waals surface area (Å²) >= 11 is 0. The Morgan fingerprint density at radius 2 is 1.72 bits per heavy atom. The van der Waals surface area contributed by atoms with Crippen molar-refractivity contribution in [3.05, 3.63) is 57.9 Å². The number of aryl methyl sites for hydroxylation is 1. The van der Waals surface area contributed by atoms with Gasteiger partial charge in [0.25, 0.3) is 0 Å². The average Bonchev–Trinajstić information content (AvgIpc) is 2.71. The summed E-state index contributed by atoms with van der Waals surface area (Å²) in [6.45, 7) is 5.89. The second-order valence-electron chi connectivity index (χ2n) is 7.25. The van der Waals surface area contributed by atoms with Crippen LogP contribution in [0.25, 0.3) is 6.08 Å². The molecule has 0 aliphatic rings. The van der Waals surface area contributed by atoms with Crippen molar-refractivity contribution in [3.63, 3.8) is 0 Å². The predicted molar refractivity (Wildman–Crippen MR) is 116 cm³/mol. The van der Waals surface area contributed by atoms with Crippen molar-refractivity contribution in [1.82, 2.24) is 4.98 Å². The first-order valence-electron chi connectivity index (χ1n) is 9.95. The molecule has 0 bridgehead atoms. The van der Waals surface area contributed by atoms with Gasteiger partial charge in [-0.2, -0.15) is 0 Å². The molecule has 1 aromatic heterocycles. The van der Waals surface area contributed by atoms with Gasteiger partial charge in [-0.3, -0.25) is 4.98 Å². The van der Waals surface area contributed by atoms with Gasteiger partial charge in [-0.25, -0.2) is 4.79 Å². The van der Waals surface area contributed by atoms with E-state index in [1.54, 1.807) is 26.5 Å². The highest BCUT2D eigenvalue weighted by atomic mass is 16.5. The van der Waals surface area contributed by atoms with Crippen LogP contribution in [0.3, 0.4) is 0 Å². The summed E-state index contributed by atoms with van der Waals surface area (Å²) in [6, 6.07) is 4.01. The molecule has 0 amide bonds. The molecular weight excluding hydrogens is 366 g/mol. The molecule has 1 heterocycles. The lowest BCUT2D eigenvalue weighted by Crippen LogP contribution is -2.04. The molecule has 5 heteroatoms. The van der Waals surface area contributed by atoms with E-state index in [4.69, 9.17) is 9.47 Å². The second kappa shape index (κ2) is 10.6. The van der Waals surface area contributed by atoms with Crippen LogP contribution < -0.4 is 9.47 Å². The highest BCUT2D eigenvalue weighted by Crippen LogP contribution is 2.39. The molecular formula is C24H31NO4. The van der Waals surface area contributed by atoms with Crippen molar-refractivity contribution in [2.45, 2.75) is 52.9 Å². The molecule has 156 valence electrons. The molecule has 0 radical (unpaired) electrons. The Hall–Kier alpha value is -2.82. The zero-order chi connectivity index (χ0) is 21.4. The smallest absolute Gasteiger partial charge is 0.331 e. The predicted octanol–water partition coefficient (Wildman–Crippen LogP) is 5.30. The number of carbonyl (C=O) groups is 1. The number of methoxy groups -OCH3 is 2. The van der Waals surface area contributed by atoms with Gasteiger partial charge < -0.3 is 14.6 Å². The molecule has 1 N–H and O–H groups in total. The van der Waals surface area contributed by atoms with E-state index in [9.17, 15) is 9.90 Å². The van der Waals surface area contributed by atoms with E-state index in [1.165, 1.54) is 5.56 Å². The Morgan fingerprint density at radius 3 is 2.31 bits per heavy atom. The van der Waals surface area contributed by atoms with Gasteiger partial charge in [0.05, 0.1) is 14.2 Å². The normalized spacial score (nSPS) is 11.4. The lowest BCUT2D eigenvalue weighted by molar-refractivity contribution is -0.132. The van der Waals surface area contributed by atoms with E-state index in [-0.39, 0.29) is 0 Å². The first-order valence-corrected chi connectivity index (χ1v) is 9.95. The van der Waals surface area contributed by atoms with Gasteiger partial charge in [0.15, 0.2) is 0 Å². The highest BCUT2D eigenvalue weighted by molar-refractivity contribution is 5.93. The Labute approximate surface area is 173 Å². The van der Waals surface area contributed by atoms with Gasteiger partial charge in [0, 0.05) is 29.1 Å². The molecule has 29 heavy (non-hydrogen) atoms. The number of carboxylic acid groups (broad SMARTS) is 1. The molecule has 0 saturated carbocycles. The Kier molecular flexibility index (Phi) is 8.25. The number of carboxylic acids is 1. The van der Waals surface area contributed by atoms with Crippen LogP contribution in [-0.4, -0.2) is 30.3 Å². The van der Waals surface area contributed by atoms with Crippen LogP contribution in [0.15, 0.2) is 30.1 Å². The number of benzene rings is 1. The summed E-state index contributed by atoms with van der Waals surface area (Å²) in [5, 5.41) is 9.73. The minimum Gasteiger partial charge on any atom is -0.496 e. The zero-order valence-electron chi connectivity index (χ0n) is 18.0. The minimum atomic E-state index is -0.893. The van der Waals surface area contributed by atoms with Crippen LogP contribution in [0.2, 0.25) is 0 Å². The monoisotopic (exact) mass is 397 g/mol. The van der Waals surface area contributed by atoms with Crippen LogP contribution in [0.4, 0.5) is 0 Å². The number of ether oxygens (including phenoxy) is 2. The second-order valence-corrected chi connectivity index (χ2v) is 7.25. The van der Waals surface area contributed by atoms with E-state index >= 15 is 0 Å². The van der Waals surface area contributed by atoms with Gasteiger partial charge in [-0.15, -0.1) is 0 Å². The van der Waals surface area contributed by atoms with Gasteiger partial charge in [0.1, 0.15) is 11.5 Å². The molecule has 5 nitrogen and oxygen atoms in total. The number of aromatic nitrogens is 1. The number of hydrogen-bond acceptors (Lipinski definition) is 4. The lowest BCUT2D eigenvalue weighted by atomic mass is 9.94. The summed E-state index contributed by atoms with van der Waals surface area (Å²) in [5.41, 5.74) is 5.24. The summed E-state index contributed by atoms with van der Waals surface area (Å²) in [7, 11) is 3.25. The number of pyridine rings is 1. The van der Waals surface area contributed by atoms with Crippen LogP contribution in [0, 0.1) is 20.8 Å². The molecule has 0 saturated heterocycles. The summed E-state index contributed by atoms with van der Waals surface area (Å²) in [6.07, 6.45) is 9.66. The topological polar surface area (TPSA) is 68.7 Å². The molecule has 0 atom stereocenters. The van der Waals surface area contributed by atoms with Crippen LogP contribution in [-0.2, 0) is 11.2 Å². The SMILES string of the molecule is COc1c(C)c(C)c(OC)c(C=C(CCCCCc2cccnc2)C(=O)O)c1C. The van der Waals surface area contributed by atoms with Gasteiger partial charge >= 0.3 is 5.97 Å². The molecule has 0 unspecified atom stereocenters. The standard InChI is InChI=1S/C24H31NO4/c1-16-17(2)23(29-5)21(18(3)22(16)28-4)14-20(24(26)27)12-8-6-7-10-19-11-9-13-25-15-19/h9,11,13-15H,6-8,10,12H2,1-5H3,(H,26,27). The van der Waals surface area contributed by atoms with Gasteiger partial charge in [-0.1, -0.05) is 12.5 Å². The third-order valence-electron chi connectivity index (χ3n) is 5.37. The maximum atomic E-state index is 11.9.